The molecule has 18 heavy (non-hydrogen) atoms. The van der Waals surface area contributed by atoms with Gasteiger partial charge in [0.15, 0.2) is 0 Å². The molecule has 0 saturated carbocycles. The van der Waals surface area contributed by atoms with Crippen molar-refractivity contribution >= 4 is 5.91 Å². The molecule has 0 radical (unpaired) electrons. The van der Waals surface area contributed by atoms with Crippen LogP contribution in [0.5, 0.6) is 0 Å². The average molecular weight is 251 g/mol. The predicted molar refractivity (Wildman–Crippen MR) is 71.1 cm³/mol. The average Bonchev–Trinajstić information content (AvgIpc) is 2.31. The summed E-state index contributed by atoms with van der Waals surface area (Å²) in [5, 5.41) is 2.89. The molecule has 1 heterocycles. The minimum Gasteiger partial charge on any atom is -0.350 e. The third kappa shape index (κ3) is 3.70. The van der Waals surface area contributed by atoms with Gasteiger partial charge in [0.05, 0.1) is 0 Å². The second kappa shape index (κ2) is 5.82. The number of amides is 1. The molecule has 0 aromatic carbocycles. The summed E-state index contributed by atoms with van der Waals surface area (Å²) in [5.74, 6) is -0.168. The molecule has 1 aromatic heterocycles. The van der Waals surface area contributed by atoms with E-state index in [1.54, 1.807) is 18.3 Å². The Kier molecular flexibility index (Phi) is 4.67. The van der Waals surface area contributed by atoms with E-state index in [1.165, 1.54) is 4.57 Å². The number of carbonyl (C=O) groups is 1. The Morgan fingerprint density at radius 1 is 1.50 bits per heavy atom. The van der Waals surface area contributed by atoms with Crippen LogP contribution in [-0.2, 0) is 17.9 Å². The third-order valence-electron chi connectivity index (χ3n) is 2.99. The second-order valence-electron chi connectivity index (χ2n) is 4.96. The third-order valence-corrected chi connectivity index (χ3v) is 2.99. The fourth-order valence-corrected chi connectivity index (χ4v) is 1.53. The minimum atomic E-state index is -0.258. The predicted octanol–water partition coefficient (Wildman–Crippen LogP) is 0.612. The summed E-state index contributed by atoms with van der Waals surface area (Å²) < 4.78 is 1.38. The molecule has 0 spiro atoms. The molecule has 0 fully saturated rings. The summed E-state index contributed by atoms with van der Waals surface area (Å²) in [6.45, 7) is 6.10. The molecule has 1 amide bonds. The zero-order valence-corrected chi connectivity index (χ0v) is 11.2. The van der Waals surface area contributed by atoms with Gasteiger partial charge in [-0.05, 0) is 26.3 Å². The number of hydrogen-bond donors (Lipinski definition) is 2. The van der Waals surface area contributed by atoms with Crippen molar-refractivity contribution in [3.05, 3.63) is 34.2 Å². The standard InChI is InChI=1S/C13H21N3O2/c1-4-13(2,3)15-11(17)9-16-7-5-6-10(8-14)12(16)18/h5-7H,4,8-9,14H2,1-3H3,(H,15,17). The number of aromatic nitrogens is 1. The van der Waals surface area contributed by atoms with Crippen LogP contribution >= 0.6 is 0 Å². The van der Waals surface area contributed by atoms with E-state index in [9.17, 15) is 9.59 Å². The lowest BCUT2D eigenvalue weighted by atomic mass is 10.0. The van der Waals surface area contributed by atoms with Crippen molar-refractivity contribution in [2.45, 2.75) is 45.8 Å². The van der Waals surface area contributed by atoms with E-state index in [1.807, 2.05) is 20.8 Å². The van der Waals surface area contributed by atoms with Crippen molar-refractivity contribution in [2.75, 3.05) is 0 Å². The number of hydrogen-bond acceptors (Lipinski definition) is 3. The summed E-state index contributed by atoms with van der Waals surface area (Å²) in [6, 6.07) is 3.40. The normalized spacial score (nSPS) is 11.3. The maximum Gasteiger partial charge on any atom is 0.255 e. The van der Waals surface area contributed by atoms with Crippen LogP contribution < -0.4 is 16.6 Å². The maximum atomic E-state index is 11.9. The highest BCUT2D eigenvalue weighted by Crippen LogP contribution is 2.06. The van der Waals surface area contributed by atoms with Crippen LogP contribution in [0, 0.1) is 0 Å². The summed E-state index contributed by atoms with van der Waals surface area (Å²) in [7, 11) is 0. The molecule has 3 N–H and O–H groups in total. The van der Waals surface area contributed by atoms with Gasteiger partial charge in [0.25, 0.3) is 5.56 Å². The Morgan fingerprint density at radius 2 is 2.17 bits per heavy atom. The number of pyridine rings is 1. The van der Waals surface area contributed by atoms with E-state index in [-0.39, 0.29) is 30.1 Å². The van der Waals surface area contributed by atoms with Crippen molar-refractivity contribution in [1.82, 2.24) is 9.88 Å². The molecule has 100 valence electrons. The number of rotatable bonds is 5. The van der Waals surface area contributed by atoms with E-state index < -0.39 is 0 Å². The molecular formula is C13H21N3O2. The highest BCUT2D eigenvalue weighted by atomic mass is 16.2. The summed E-state index contributed by atoms with van der Waals surface area (Å²) >= 11 is 0. The molecular weight excluding hydrogens is 230 g/mol. The highest BCUT2D eigenvalue weighted by molar-refractivity contribution is 5.76. The first kappa shape index (κ1) is 14.4. The molecule has 5 nitrogen and oxygen atoms in total. The van der Waals surface area contributed by atoms with Crippen LogP contribution in [0.1, 0.15) is 32.8 Å². The Morgan fingerprint density at radius 3 is 2.72 bits per heavy atom. The lowest BCUT2D eigenvalue weighted by molar-refractivity contribution is -0.123. The highest BCUT2D eigenvalue weighted by Gasteiger charge is 2.18. The molecule has 0 saturated heterocycles. The Balaban J connectivity index is 2.80. The first-order valence-electron chi connectivity index (χ1n) is 6.09. The lowest BCUT2D eigenvalue weighted by Gasteiger charge is -2.24. The summed E-state index contributed by atoms with van der Waals surface area (Å²) in [5.41, 5.74) is 5.51. The van der Waals surface area contributed by atoms with Crippen molar-refractivity contribution in [3.63, 3.8) is 0 Å². The number of carbonyl (C=O) groups excluding carboxylic acids is 1. The van der Waals surface area contributed by atoms with E-state index >= 15 is 0 Å². The first-order valence-corrected chi connectivity index (χ1v) is 6.09. The van der Waals surface area contributed by atoms with Crippen LogP contribution in [0.2, 0.25) is 0 Å². The van der Waals surface area contributed by atoms with E-state index in [4.69, 9.17) is 5.73 Å². The van der Waals surface area contributed by atoms with Crippen molar-refractivity contribution in [1.29, 1.82) is 0 Å². The molecule has 1 rings (SSSR count). The number of nitrogens with one attached hydrogen (secondary N) is 1. The molecule has 0 aliphatic carbocycles. The smallest absolute Gasteiger partial charge is 0.255 e. The lowest BCUT2D eigenvalue weighted by Crippen LogP contribution is -2.45. The summed E-state index contributed by atoms with van der Waals surface area (Å²) in [4.78, 5) is 23.7. The molecule has 1 aromatic rings. The molecule has 5 heteroatoms. The van der Waals surface area contributed by atoms with Crippen LogP contribution in [0.15, 0.2) is 23.1 Å². The Bertz CT molecular complexity index is 477. The zero-order valence-electron chi connectivity index (χ0n) is 11.2. The Labute approximate surface area is 107 Å². The zero-order chi connectivity index (χ0) is 13.8. The molecule has 0 aliphatic rings. The topological polar surface area (TPSA) is 77.1 Å². The maximum absolute atomic E-state index is 11.9. The second-order valence-corrected chi connectivity index (χ2v) is 4.96. The fraction of sp³-hybridized carbons (Fsp3) is 0.538. The number of nitrogens with zero attached hydrogens (tertiary/aromatic N) is 1. The van der Waals surface area contributed by atoms with Crippen LogP contribution in [0.3, 0.4) is 0 Å². The fourth-order valence-electron chi connectivity index (χ4n) is 1.53. The van der Waals surface area contributed by atoms with Crippen LogP contribution in [0.4, 0.5) is 0 Å². The van der Waals surface area contributed by atoms with Gasteiger partial charge in [0.2, 0.25) is 5.91 Å². The van der Waals surface area contributed by atoms with Gasteiger partial charge in [-0.25, -0.2) is 0 Å². The van der Waals surface area contributed by atoms with Gasteiger partial charge < -0.3 is 15.6 Å². The first-order chi connectivity index (χ1) is 8.39. The van der Waals surface area contributed by atoms with Crippen molar-refractivity contribution < 1.29 is 4.79 Å². The van der Waals surface area contributed by atoms with Crippen LogP contribution in [0.25, 0.3) is 0 Å². The SMILES string of the molecule is CCC(C)(C)NC(=O)Cn1cccc(CN)c1=O. The largest absolute Gasteiger partial charge is 0.350 e. The van der Waals surface area contributed by atoms with Gasteiger partial charge in [-0.1, -0.05) is 13.0 Å². The van der Waals surface area contributed by atoms with Gasteiger partial charge in [-0.2, -0.15) is 0 Å². The quantitative estimate of drug-likeness (QED) is 0.805. The van der Waals surface area contributed by atoms with Gasteiger partial charge >= 0.3 is 0 Å². The van der Waals surface area contributed by atoms with E-state index in [2.05, 4.69) is 5.32 Å². The molecule has 0 unspecified atom stereocenters. The molecule has 0 atom stereocenters. The van der Waals surface area contributed by atoms with E-state index in [0.717, 1.165) is 6.42 Å². The van der Waals surface area contributed by atoms with Gasteiger partial charge in [-0.3, -0.25) is 9.59 Å². The van der Waals surface area contributed by atoms with Gasteiger partial charge in [-0.15, -0.1) is 0 Å². The Hall–Kier alpha value is -1.62. The van der Waals surface area contributed by atoms with Gasteiger partial charge in [0, 0.05) is 23.8 Å². The van der Waals surface area contributed by atoms with Crippen molar-refractivity contribution in [3.8, 4) is 0 Å². The summed E-state index contributed by atoms with van der Waals surface area (Å²) in [6.07, 6.45) is 2.43. The minimum absolute atomic E-state index is 0.0239. The molecule has 0 bridgehead atoms. The number of nitrogens with two attached hydrogens (primary N) is 1. The van der Waals surface area contributed by atoms with Crippen LogP contribution in [-0.4, -0.2) is 16.0 Å². The monoisotopic (exact) mass is 251 g/mol. The van der Waals surface area contributed by atoms with Gasteiger partial charge in [0.1, 0.15) is 6.54 Å². The van der Waals surface area contributed by atoms with Crippen molar-refractivity contribution in [2.24, 2.45) is 5.73 Å². The van der Waals surface area contributed by atoms with E-state index in [0.29, 0.717) is 5.56 Å². The molecule has 0 aliphatic heterocycles.